The number of hydrogen-bond donors (Lipinski definition) is 0. The van der Waals surface area contributed by atoms with Gasteiger partial charge in [-0.05, 0) is 29.8 Å². The minimum Gasteiger partial charge on any atom is -0.467 e. The van der Waals surface area contributed by atoms with Gasteiger partial charge in [0.05, 0.1) is 12.0 Å². The third-order valence-corrected chi connectivity index (χ3v) is 4.12. The van der Waals surface area contributed by atoms with Crippen molar-refractivity contribution in [1.29, 1.82) is 0 Å². The van der Waals surface area contributed by atoms with Crippen LogP contribution in [0.3, 0.4) is 0 Å². The van der Waals surface area contributed by atoms with E-state index in [1.165, 1.54) is 5.01 Å². The van der Waals surface area contributed by atoms with E-state index < -0.39 is 0 Å². The molecule has 1 amide bonds. The summed E-state index contributed by atoms with van der Waals surface area (Å²) in [7, 11) is 0. The maximum atomic E-state index is 12.9. The number of furan rings is 1. The quantitative estimate of drug-likeness (QED) is 0.724. The Hall–Kier alpha value is -3.14. The van der Waals surface area contributed by atoms with Gasteiger partial charge in [0.2, 0.25) is 0 Å². The second kappa shape index (κ2) is 6.16. The first-order valence-corrected chi connectivity index (χ1v) is 7.88. The highest BCUT2D eigenvalue weighted by molar-refractivity contribution is 6.04. The predicted molar refractivity (Wildman–Crippen MR) is 91.7 cm³/mol. The summed E-state index contributed by atoms with van der Waals surface area (Å²) in [6.07, 6.45) is 2.26. The van der Waals surface area contributed by atoms with E-state index in [2.05, 4.69) is 5.10 Å². The van der Waals surface area contributed by atoms with Crippen molar-refractivity contribution in [2.24, 2.45) is 5.10 Å². The van der Waals surface area contributed by atoms with E-state index in [1.807, 2.05) is 60.7 Å². The molecule has 118 valence electrons. The Morgan fingerprint density at radius 2 is 1.67 bits per heavy atom. The fourth-order valence-corrected chi connectivity index (χ4v) is 2.92. The Kier molecular flexibility index (Phi) is 3.71. The van der Waals surface area contributed by atoms with Crippen LogP contribution in [-0.4, -0.2) is 16.6 Å². The van der Waals surface area contributed by atoms with E-state index in [4.69, 9.17) is 4.42 Å². The van der Waals surface area contributed by atoms with E-state index in [0.717, 1.165) is 17.0 Å². The molecule has 1 aliphatic rings. The summed E-state index contributed by atoms with van der Waals surface area (Å²) in [6, 6.07) is 22.6. The SMILES string of the molecule is O=C(c1ccccc1)N1N=C(c2ccccc2)CC1c1ccco1. The summed E-state index contributed by atoms with van der Waals surface area (Å²) in [5.41, 5.74) is 2.53. The van der Waals surface area contributed by atoms with Gasteiger partial charge in [-0.3, -0.25) is 4.79 Å². The molecule has 1 unspecified atom stereocenters. The Morgan fingerprint density at radius 3 is 2.33 bits per heavy atom. The molecule has 1 aromatic heterocycles. The van der Waals surface area contributed by atoms with Crippen molar-refractivity contribution in [2.75, 3.05) is 0 Å². The molecule has 0 spiro atoms. The van der Waals surface area contributed by atoms with Crippen molar-refractivity contribution >= 4 is 11.6 Å². The van der Waals surface area contributed by atoms with Crippen LogP contribution in [0.4, 0.5) is 0 Å². The summed E-state index contributed by atoms with van der Waals surface area (Å²) in [5, 5.41) is 6.15. The summed E-state index contributed by atoms with van der Waals surface area (Å²) >= 11 is 0. The number of rotatable bonds is 3. The largest absolute Gasteiger partial charge is 0.467 e. The number of carbonyl (C=O) groups excluding carboxylic acids is 1. The normalized spacial score (nSPS) is 16.9. The fraction of sp³-hybridized carbons (Fsp3) is 0.100. The number of nitrogens with zero attached hydrogens (tertiary/aromatic N) is 2. The molecule has 0 saturated heterocycles. The molecule has 0 fully saturated rings. The van der Waals surface area contributed by atoms with Gasteiger partial charge in [-0.1, -0.05) is 48.5 Å². The van der Waals surface area contributed by atoms with Gasteiger partial charge in [-0.25, -0.2) is 5.01 Å². The second-order valence-electron chi connectivity index (χ2n) is 5.66. The van der Waals surface area contributed by atoms with Crippen molar-refractivity contribution in [3.63, 3.8) is 0 Å². The van der Waals surface area contributed by atoms with Gasteiger partial charge in [0.25, 0.3) is 5.91 Å². The van der Waals surface area contributed by atoms with Crippen molar-refractivity contribution < 1.29 is 9.21 Å². The van der Waals surface area contributed by atoms with Gasteiger partial charge in [0, 0.05) is 12.0 Å². The van der Waals surface area contributed by atoms with Crippen molar-refractivity contribution in [3.8, 4) is 0 Å². The molecule has 0 radical (unpaired) electrons. The lowest BCUT2D eigenvalue weighted by Gasteiger charge is -2.19. The Labute approximate surface area is 140 Å². The van der Waals surface area contributed by atoms with E-state index in [0.29, 0.717) is 12.0 Å². The topological polar surface area (TPSA) is 45.8 Å². The van der Waals surface area contributed by atoms with Crippen LogP contribution in [-0.2, 0) is 0 Å². The molecule has 1 atom stereocenters. The van der Waals surface area contributed by atoms with Gasteiger partial charge in [0.15, 0.2) is 0 Å². The smallest absolute Gasteiger partial charge is 0.274 e. The number of benzene rings is 2. The van der Waals surface area contributed by atoms with E-state index in [9.17, 15) is 4.79 Å². The Bertz CT molecular complexity index is 855. The number of hydrazone groups is 1. The van der Waals surface area contributed by atoms with E-state index in [1.54, 1.807) is 18.4 Å². The zero-order valence-electron chi connectivity index (χ0n) is 13.0. The fourth-order valence-electron chi connectivity index (χ4n) is 2.92. The number of carbonyl (C=O) groups is 1. The first-order valence-electron chi connectivity index (χ1n) is 7.88. The number of hydrogen-bond acceptors (Lipinski definition) is 3. The molecule has 4 nitrogen and oxygen atoms in total. The summed E-state index contributed by atoms with van der Waals surface area (Å²) in [6.45, 7) is 0. The molecule has 24 heavy (non-hydrogen) atoms. The molecule has 4 rings (SSSR count). The second-order valence-corrected chi connectivity index (χ2v) is 5.66. The molecule has 0 N–H and O–H groups in total. The average Bonchev–Trinajstić information content (AvgIpc) is 3.32. The third-order valence-electron chi connectivity index (χ3n) is 4.12. The van der Waals surface area contributed by atoms with Gasteiger partial charge in [-0.2, -0.15) is 5.10 Å². The highest BCUT2D eigenvalue weighted by Crippen LogP contribution is 2.34. The first-order chi connectivity index (χ1) is 11.8. The van der Waals surface area contributed by atoms with E-state index in [-0.39, 0.29) is 11.9 Å². The van der Waals surface area contributed by atoms with Gasteiger partial charge >= 0.3 is 0 Å². The highest BCUT2D eigenvalue weighted by atomic mass is 16.3. The minimum absolute atomic E-state index is 0.122. The number of amides is 1. The zero-order chi connectivity index (χ0) is 16.4. The minimum atomic E-state index is -0.220. The highest BCUT2D eigenvalue weighted by Gasteiger charge is 2.35. The predicted octanol–water partition coefficient (Wildman–Crippen LogP) is 4.27. The van der Waals surface area contributed by atoms with Crippen LogP contribution in [0.25, 0.3) is 0 Å². The molecular formula is C20H16N2O2. The molecule has 0 saturated carbocycles. The average molecular weight is 316 g/mol. The standard InChI is InChI=1S/C20H16N2O2/c23-20(16-10-5-2-6-11-16)22-18(19-12-7-13-24-19)14-17(21-22)15-8-3-1-4-9-15/h1-13,18H,14H2. The third kappa shape index (κ3) is 2.63. The van der Waals surface area contributed by atoms with Gasteiger partial charge < -0.3 is 4.42 Å². The lowest BCUT2D eigenvalue weighted by molar-refractivity contribution is 0.0693. The monoisotopic (exact) mass is 316 g/mol. The van der Waals surface area contributed by atoms with Crippen LogP contribution < -0.4 is 0 Å². The Morgan fingerprint density at radius 1 is 0.958 bits per heavy atom. The van der Waals surface area contributed by atoms with Gasteiger partial charge in [0.1, 0.15) is 11.8 Å². The molecule has 4 heteroatoms. The van der Waals surface area contributed by atoms with Crippen LogP contribution >= 0.6 is 0 Å². The molecule has 0 bridgehead atoms. The van der Waals surface area contributed by atoms with Crippen molar-refractivity contribution in [3.05, 3.63) is 95.9 Å². The maximum Gasteiger partial charge on any atom is 0.274 e. The maximum absolute atomic E-state index is 12.9. The molecule has 3 aromatic rings. The zero-order valence-corrected chi connectivity index (χ0v) is 13.0. The lowest BCUT2D eigenvalue weighted by Crippen LogP contribution is -2.26. The van der Waals surface area contributed by atoms with E-state index >= 15 is 0 Å². The van der Waals surface area contributed by atoms with Crippen LogP contribution in [0.1, 0.15) is 34.1 Å². The van der Waals surface area contributed by atoms with Gasteiger partial charge in [-0.15, -0.1) is 0 Å². The van der Waals surface area contributed by atoms with Crippen LogP contribution in [0.15, 0.2) is 88.6 Å². The summed E-state index contributed by atoms with van der Waals surface area (Å²) in [5.74, 6) is 0.622. The molecule has 2 heterocycles. The van der Waals surface area contributed by atoms with Crippen molar-refractivity contribution in [2.45, 2.75) is 12.5 Å². The first kappa shape index (κ1) is 14.5. The molecule has 0 aliphatic carbocycles. The molecular weight excluding hydrogens is 300 g/mol. The summed E-state index contributed by atoms with van der Waals surface area (Å²) in [4.78, 5) is 12.9. The van der Waals surface area contributed by atoms with Crippen LogP contribution in [0, 0.1) is 0 Å². The van der Waals surface area contributed by atoms with Crippen LogP contribution in [0.5, 0.6) is 0 Å². The Balaban J connectivity index is 1.72. The van der Waals surface area contributed by atoms with Crippen molar-refractivity contribution in [1.82, 2.24) is 5.01 Å². The summed E-state index contributed by atoms with van der Waals surface area (Å²) < 4.78 is 5.55. The molecule has 1 aliphatic heterocycles. The van der Waals surface area contributed by atoms with Crippen LogP contribution in [0.2, 0.25) is 0 Å². The lowest BCUT2D eigenvalue weighted by atomic mass is 10.0. The molecule has 2 aromatic carbocycles.